The number of hydrogen-bond acceptors (Lipinski definition) is 5. The van der Waals surface area contributed by atoms with Gasteiger partial charge in [-0.2, -0.15) is 0 Å². The number of pyridine rings is 2. The Morgan fingerprint density at radius 1 is 1.35 bits per heavy atom. The summed E-state index contributed by atoms with van der Waals surface area (Å²) in [6.45, 7) is 3.61. The maximum absolute atomic E-state index is 11.0. The second-order valence-corrected chi connectivity index (χ2v) is 5.25. The Labute approximate surface area is 133 Å². The summed E-state index contributed by atoms with van der Waals surface area (Å²) < 4.78 is 7.57. The number of carbonyl (C=O) groups excluding carboxylic acids is 1. The quantitative estimate of drug-likeness (QED) is 0.717. The van der Waals surface area contributed by atoms with Crippen LogP contribution in [0.3, 0.4) is 0 Å². The van der Waals surface area contributed by atoms with Gasteiger partial charge in [0.2, 0.25) is 5.91 Å². The second kappa shape index (κ2) is 6.70. The molecule has 7 heteroatoms. The van der Waals surface area contributed by atoms with Gasteiger partial charge in [-0.25, -0.2) is 4.98 Å². The molecule has 0 aliphatic carbocycles. The normalized spacial score (nSPS) is 11.3. The highest BCUT2D eigenvalue weighted by molar-refractivity contribution is 5.99. The summed E-state index contributed by atoms with van der Waals surface area (Å²) in [5.74, 6) is 0.511. The van der Waals surface area contributed by atoms with E-state index in [1.807, 2.05) is 19.1 Å². The van der Waals surface area contributed by atoms with Gasteiger partial charge in [-0.1, -0.05) is 0 Å². The van der Waals surface area contributed by atoms with Gasteiger partial charge in [0.25, 0.3) is 0 Å². The summed E-state index contributed by atoms with van der Waals surface area (Å²) in [6.07, 6.45) is 4.48. The van der Waals surface area contributed by atoms with E-state index in [-0.39, 0.29) is 5.91 Å². The molecule has 0 unspecified atom stereocenters. The Morgan fingerprint density at radius 2 is 2.22 bits per heavy atom. The number of aromatic nitrogens is 4. The summed E-state index contributed by atoms with van der Waals surface area (Å²) in [5, 5.41) is 0. The molecule has 0 aromatic carbocycles. The van der Waals surface area contributed by atoms with Crippen LogP contribution in [-0.4, -0.2) is 32.0 Å². The molecule has 0 fully saturated rings. The van der Waals surface area contributed by atoms with Crippen molar-refractivity contribution >= 4 is 28.0 Å². The molecule has 0 spiro atoms. The lowest BCUT2D eigenvalue weighted by Crippen LogP contribution is -2.13. The Balaban J connectivity index is 2.09. The van der Waals surface area contributed by atoms with Gasteiger partial charge in [-0.15, -0.1) is 0 Å². The molecule has 2 N–H and O–H groups in total. The van der Waals surface area contributed by atoms with Crippen LogP contribution in [0.4, 0.5) is 0 Å². The minimum atomic E-state index is -0.301. The molecule has 0 radical (unpaired) electrons. The smallest absolute Gasteiger partial charge is 0.217 e. The molecule has 0 saturated carbocycles. The van der Waals surface area contributed by atoms with Crippen molar-refractivity contribution in [2.24, 2.45) is 5.73 Å². The number of imidazole rings is 1. The largest absolute Gasteiger partial charge is 0.374 e. The Bertz CT molecular complexity index is 843. The minimum absolute atomic E-state index is 0.301. The van der Waals surface area contributed by atoms with Gasteiger partial charge >= 0.3 is 0 Å². The number of amides is 1. The van der Waals surface area contributed by atoms with Crippen molar-refractivity contribution in [3.63, 3.8) is 0 Å². The topological polar surface area (TPSA) is 95.9 Å². The number of ether oxygens (including phenoxy) is 1. The molecule has 7 nitrogen and oxygen atoms in total. The maximum atomic E-state index is 11.0. The van der Waals surface area contributed by atoms with Gasteiger partial charge < -0.3 is 15.0 Å². The van der Waals surface area contributed by atoms with Crippen molar-refractivity contribution in [2.45, 2.75) is 32.9 Å². The lowest BCUT2D eigenvalue weighted by molar-refractivity contribution is -0.118. The molecular formula is C16H19N5O2. The fourth-order valence-corrected chi connectivity index (χ4v) is 2.63. The third kappa shape index (κ3) is 3.14. The number of carbonyl (C=O) groups is 1. The standard InChI is InChI=1S/C16H19N5O2/c1-2-23-10-14-20-12-9-19-11-5-3-7-18-15(11)16(12)21(14)8-4-6-13(17)22/h3,5,7,9H,2,4,6,8,10H2,1H3,(H2,17,22). The highest BCUT2D eigenvalue weighted by atomic mass is 16.5. The summed E-state index contributed by atoms with van der Waals surface area (Å²) in [4.78, 5) is 24.5. The van der Waals surface area contributed by atoms with Gasteiger partial charge in [-0.3, -0.25) is 14.8 Å². The number of aryl methyl sites for hydroxylation is 1. The lowest BCUT2D eigenvalue weighted by atomic mass is 10.2. The van der Waals surface area contributed by atoms with E-state index in [9.17, 15) is 4.79 Å². The van der Waals surface area contributed by atoms with Crippen molar-refractivity contribution in [1.82, 2.24) is 19.5 Å². The van der Waals surface area contributed by atoms with E-state index in [2.05, 4.69) is 19.5 Å². The van der Waals surface area contributed by atoms with E-state index < -0.39 is 0 Å². The third-order valence-electron chi connectivity index (χ3n) is 3.65. The van der Waals surface area contributed by atoms with E-state index in [4.69, 9.17) is 10.5 Å². The van der Waals surface area contributed by atoms with E-state index in [0.717, 1.165) is 27.9 Å². The molecule has 23 heavy (non-hydrogen) atoms. The van der Waals surface area contributed by atoms with Gasteiger partial charge in [0, 0.05) is 25.8 Å². The van der Waals surface area contributed by atoms with Crippen molar-refractivity contribution < 1.29 is 9.53 Å². The summed E-state index contributed by atoms with van der Waals surface area (Å²) in [7, 11) is 0. The first-order valence-electron chi connectivity index (χ1n) is 7.65. The SMILES string of the molecule is CCOCc1nc2cnc3cccnc3c2n1CCCC(N)=O. The molecule has 0 atom stereocenters. The third-order valence-corrected chi connectivity index (χ3v) is 3.65. The van der Waals surface area contributed by atoms with Crippen LogP contribution in [0, 0.1) is 0 Å². The van der Waals surface area contributed by atoms with E-state index in [1.54, 1.807) is 12.4 Å². The van der Waals surface area contributed by atoms with Crippen LogP contribution in [-0.2, 0) is 22.7 Å². The van der Waals surface area contributed by atoms with Gasteiger partial charge in [0.05, 0.1) is 17.2 Å². The van der Waals surface area contributed by atoms with Crippen molar-refractivity contribution in [3.8, 4) is 0 Å². The summed E-state index contributed by atoms with van der Waals surface area (Å²) in [6, 6.07) is 3.78. The minimum Gasteiger partial charge on any atom is -0.374 e. The average Bonchev–Trinajstić information content (AvgIpc) is 2.91. The molecule has 120 valence electrons. The highest BCUT2D eigenvalue weighted by Gasteiger charge is 2.15. The van der Waals surface area contributed by atoms with E-state index >= 15 is 0 Å². The van der Waals surface area contributed by atoms with Crippen LogP contribution >= 0.6 is 0 Å². The number of hydrogen-bond donors (Lipinski definition) is 1. The molecule has 0 bridgehead atoms. The Kier molecular flexibility index (Phi) is 4.47. The zero-order valence-corrected chi connectivity index (χ0v) is 13.0. The molecule has 3 aromatic rings. The predicted molar refractivity (Wildman–Crippen MR) is 86.6 cm³/mol. The molecule has 0 saturated heterocycles. The first-order chi connectivity index (χ1) is 11.2. The average molecular weight is 313 g/mol. The summed E-state index contributed by atoms with van der Waals surface area (Å²) in [5.41, 5.74) is 8.57. The van der Waals surface area contributed by atoms with Crippen LogP contribution in [0.2, 0.25) is 0 Å². The number of nitrogens with zero attached hydrogens (tertiary/aromatic N) is 4. The van der Waals surface area contributed by atoms with Gasteiger partial charge in [-0.05, 0) is 25.5 Å². The zero-order chi connectivity index (χ0) is 16.2. The Hall–Kier alpha value is -2.54. The predicted octanol–water partition coefficient (Wildman–Crippen LogP) is 1.78. The van der Waals surface area contributed by atoms with Crippen molar-refractivity contribution in [1.29, 1.82) is 0 Å². The Morgan fingerprint density at radius 3 is 3.00 bits per heavy atom. The van der Waals surface area contributed by atoms with Gasteiger partial charge in [0.1, 0.15) is 23.5 Å². The molecule has 3 rings (SSSR count). The van der Waals surface area contributed by atoms with Gasteiger partial charge in [0.15, 0.2) is 0 Å². The zero-order valence-electron chi connectivity index (χ0n) is 13.0. The maximum Gasteiger partial charge on any atom is 0.217 e. The lowest BCUT2D eigenvalue weighted by Gasteiger charge is -2.09. The van der Waals surface area contributed by atoms with Crippen molar-refractivity contribution in [2.75, 3.05) is 6.61 Å². The first kappa shape index (κ1) is 15.4. The highest BCUT2D eigenvalue weighted by Crippen LogP contribution is 2.24. The molecule has 0 aliphatic heterocycles. The molecular weight excluding hydrogens is 294 g/mol. The second-order valence-electron chi connectivity index (χ2n) is 5.25. The number of nitrogens with two attached hydrogens (primary N) is 1. The number of fused-ring (bicyclic) bond motifs is 3. The van der Waals surface area contributed by atoms with Crippen LogP contribution in [0.5, 0.6) is 0 Å². The van der Waals surface area contributed by atoms with E-state index in [1.165, 1.54) is 0 Å². The number of primary amides is 1. The molecule has 3 aromatic heterocycles. The fraction of sp³-hybridized carbons (Fsp3) is 0.375. The summed E-state index contributed by atoms with van der Waals surface area (Å²) >= 11 is 0. The van der Waals surface area contributed by atoms with Crippen LogP contribution < -0.4 is 5.73 Å². The monoisotopic (exact) mass is 313 g/mol. The van der Waals surface area contributed by atoms with Crippen LogP contribution in [0.1, 0.15) is 25.6 Å². The van der Waals surface area contributed by atoms with Crippen molar-refractivity contribution in [3.05, 3.63) is 30.4 Å². The molecule has 0 aliphatic rings. The first-order valence-corrected chi connectivity index (χ1v) is 7.65. The molecule has 3 heterocycles. The van der Waals surface area contributed by atoms with Crippen LogP contribution in [0.15, 0.2) is 24.5 Å². The fourth-order valence-electron chi connectivity index (χ4n) is 2.63. The van der Waals surface area contributed by atoms with E-state index in [0.29, 0.717) is 32.6 Å². The van der Waals surface area contributed by atoms with Crippen LogP contribution in [0.25, 0.3) is 22.1 Å². The molecule has 1 amide bonds. The number of rotatable bonds is 7.